The minimum atomic E-state index is -0.992. The second-order valence-corrected chi connectivity index (χ2v) is 2.25. The summed E-state index contributed by atoms with van der Waals surface area (Å²) in [6, 6.07) is 2.50. The monoisotopic (exact) mass is 170 g/mol. The molecule has 0 bridgehead atoms. The molecule has 0 unspecified atom stereocenters. The van der Waals surface area contributed by atoms with Gasteiger partial charge in [0.2, 0.25) is 0 Å². The van der Waals surface area contributed by atoms with E-state index in [2.05, 4.69) is 5.32 Å². The lowest BCUT2D eigenvalue weighted by atomic mass is 10.3. The molecule has 0 aliphatic heterocycles. The van der Waals surface area contributed by atoms with Gasteiger partial charge in [-0.25, -0.2) is 4.79 Å². The van der Waals surface area contributed by atoms with Crippen LogP contribution in [0.15, 0.2) is 22.8 Å². The Morgan fingerprint density at radius 3 is 3.00 bits per heavy atom. The Balaban J connectivity index is 2.54. The number of carbonyl (C=O) groups is 1. The van der Waals surface area contributed by atoms with Gasteiger partial charge in [0.05, 0.1) is 6.26 Å². The van der Waals surface area contributed by atoms with Crippen LogP contribution in [0.2, 0.25) is 0 Å². The number of furan rings is 1. The maximum absolute atomic E-state index is 10.5. The second-order valence-electron chi connectivity index (χ2n) is 2.25. The van der Waals surface area contributed by atoms with Crippen molar-refractivity contribution in [1.82, 2.24) is 0 Å². The fourth-order valence-corrected chi connectivity index (χ4v) is 0.754. The molecule has 0 saturated heterocycles. The van der Waals surface area contributed by atoms with Gasteiger partial charge in [-0.15, -0.1) is 0 Å². The minimum absolute atomic E-state index is 0.0238. The van der Waals surface area contributed by atoms with Gasteiger partial charge in [-0.05, 0) is 6.07 Å². The van der Waals surface area contributed by atoms with Crippen LogP contribution in [0.5, 0.6) is 0 Å². The molecule has 0 aliphatic rings. The van der Waals surface area contributed by atoms with Crippen LogP contribution in [-0.4, -0.2) is 23.7 Å². The number of carboxylic acids is 1. The summed E-state index contributed by atoms with van der Waals surface area (Å²) < 4.78 is 4.89. The Morgan fingerprint density at radius 1 is 1.83 bits per heavy atom. The summed E-state index contributed by atoms with van der Waals surface area (Å²) in [4.78, 5) is 10.5. The summed E-state index contributed by atoms with van der Waals surface area (Å²) in [5, 5.41) is 11.2. The zero-order valence-corrected chi connectivity index (χ0v) is 6.36. The van der Waals surface area contributed by atoms with E-state index in [0.717, 1.165) is 0 Å². The van der Waals surface area contributed by atoms with E-state index >= 15 is 0 Å². The van der Waals surface area contributed by atoms with Crippen LogP contribution in [0.1, 0.15) is 0 Å². The third kappa shape index (κ3) is 2.00. The molecule has 0 aliphatic carbocycles. The molecule has 1 aromatic rings. The third-order valence-electron chi connectivity index (χ3n) is 1.37. The second kappa shape index (κ2) is 3.77. The number of carboxylic acid groups (broad SMARTS) is 1. The van der Waals surface area contributed by atoms with Crippen LogP contribution in [-0.2, 0) is 4.79 Å². The lowest BCUT2D eigenvalue weighted by Crippen LogP contribution is -2.36. The van der Waals surface area contributed by atoms with Crippen molar-refractivity contribution in [2.45, 2.75) is 6.04 Å². The molecule has 0 aromatic carbocycles. The maximum Gasteiger partial charge on any atom is 0.327 e. The van der Waals surface area contributed by atoms with Gasteiger partial charge in [0.1, 0.15) is 6.04 Å². The highest BCUT2D eigenvalue weighted by Gasteiger charge is 2.15. The van der Waals surface area contributed by atoms with Crippen molar-refractivity contribution in [3.63, 3.8) is 0 Å². The fraction of sp³-hybridized carbons (Fsp3) is 0.286. The predicted octanol–water partition coefficient (Wildman–Crippen LogP) is 0.103. The summed E-state index contributed by atoms with van der Waals surface area (Å²) in [7, 11) is 0. The summed E-state index contributed by atoms with van der Waals surface area (Å²) in [5.74, 6) is -0.582. The van der Waals surface area contributed by atoms with Crippen molar-refractivity contribution in [1.29, 1.82) is 0 Å². The lowest BCUT2D eigenvalue weighted by Gasteiger charge is -2.09. The molecule has 4 N–H and O–H groups in total. The largest absolute Gasteiger partial charge is 0.480 e. The zero-order chi connectivity index (χ0) is 8.97. The Kier molecular flexibility index (Phi) is 2.71. The van der Waals surface area contributed by atoms with Crippen molar-refractivity contribution in [2.75, 3.05) is 11.9 Å². The van der Waals surface area contributed by atoms with Crippen molar-refractivity contribution in [3.8, 4) is 0 Å². The molecule has 5 heteroatoms. The van der Waals surface area contributed by atoms with Crippen LogP contribution >= 0.6 is 0 Å². The van der Waals surface area contributed by atoms with Crippen LogP contribution in [0.4, 0.5) is 5.88 Å². The SMILES string of the molecule is NC[C@H](Nc1ccco1)C(=O)O. The van der Waals surface area contributed by atoms with E-state index in [4.69, 9.17) is 15.3 Å². The van der Waals surface area contributed by atoms with Crippen LogP contribution < -0.4 is 11.1 Å². The predicted molar refractivity (Wildman–Crippen MR) is 42.8 cm³/mol. The zero-order valence-electron chi connectivity index (χ0n) is 6.36. The Labute approximate surface area is 69.2 Å². The maximum atomic E-state index is 10.5. The molecule has 0 radical (unpaired) electrons. The number of hydrogen-bond acceptors (Lipinski definition) is 4. The molecule has 0 spiro atoms. The van der Waals surface area contributed by atoms with Crippen LogP contribution in [0.25, 0.3) is 0 Å². The van der Waals surface area contributed by atoms with Gasteiger partial charge in [0, 0.05) is 12.6 Å². The normalized spacial score (nSPS) is 12.4. The van der Waals surface area contributed by atoms with E-state index in [1.54, 1.807) is 12.1 Å². The number of anilines is 1. The fourth-order valence-electron chi connectivity index (χ4n) is 0.754. The van der Waals surface area contributed by atoms with Gasteiger partial charge in [0.25, 0.3) is 0 Å². The average Bonchev–Trinajstić information content (AvgIpc) is 2.51. The number of nitrogens with one attached hydrogen (secondary N) is 1. The molecule has 0 saturated carbocycles. The van der Waals surface area contributed by atoms with Gasteiger partial charge in [-0.3, -0.25) is 0 Å². The quantitative estimate of drug-likeness (QED) is 0.596. The van der Waals surface area contributed by atoms with Gasteiger partial charge < -0.3 is 20.6 Å². The molecular formula is C7H10N2O3. The number of nitrogens with two attached hydrogens (primary N) is 1. The summed E-state index contributed by atoms with van der Waals surface area (Å²) in [6.07, 6.45) is 1.46. The van der Waals surface area contributed by atoms with E-state index in [-0.39, 0.29) is 6.54 Å². The first-order valence-corrected chi connectivity index (χ1v) is 3.47. The van der Waals surface area contributed by atoms with E-state index < -0.39 is 12.0 Å². The summed E-state index contributed by atoms with van der Waals surface area (Å²) >= 11 is 0. The topological polar surface area (TPSA) is 88.5 Å². The van der Waals surface area contributed by atoms with E-state index in [1.807, 2.05) is 0 Å². The van der Waals surface area contributed by atoms with Gasteiger partial charge in [-0.1, -0.05) is 0 Å². The first-order chi connectivity index (χ1) is 5.74. The first kappa shape index (κ1) is 8.61. The molecule has 66 valence electrons. The molecule has 0 amide bonds. The van der Waals surface area contributed by atoms with E-state index in [9.17, 15) is 4.79 Å². The summed E-state index contributed by atoms with van der Waals surface area (Å²) in [5.41, 5.74) is 5.21. The van der Waals surface area contributed by atoms with Crippen LogP contribution in [0, 0.1) is 0 Å². The van der Waals surface area contributed by atoms with Crippen LogP contribution in [0.3, 0.4) is 0 Å². The molecular weight excluding hydrogens is 160 g/mol. The molecule has 12 heavy (non-hydrogen) atoms. The van der Waals surface area contributed by atoms with Crippen molar-refractivity contribution in [2.24, 2.45) is 5.73 Å². The third-order valence-corrected chi connectivity index (χ3v) is 1.37. The Morgan fingerprint density at radius 2 is 2.58 bits per heavy atom. The number of rotatable bonds is 4. The molecule has 1 atom stereocenters. The van der Waals surface area contributed by atoms with E-state index in [0.29, 0.717) is 5.88 Å². The summed E-state index contributed by atoms with van der Waals surface area (Å²) in [6.45, 7) is 0.0238. The van der Waals surface area contributed by atoms with Gasteiger partial charge >= 0.3 is 5.97 Å². The molecule has 0 fully saturated rings. The van der Waals surface area contributed by atoms with Crippen molar-refractivity contribution in [3.05, 3.63) is 18.4 Å². The molecule has 1 aromatic heterocycles. The standard InChI is InChI=1S/C7H10N2O3/c8-4-5(7(10)11)9-6-2-1-3-12-6/h1-3,5,9H,4,8H2,(H,10,11)/t5-/m0/s1. The van der Waals surface area contributed by atoms with Gasteiger partial charge in [-0.2, -0.15) is 0 Å². The molecule has 1 heterocycles. The highest BCUT2D eigenvalue weighted by atomic mass is 16.4. The Hall–Kier alpha value is -1.49. The highest BCUT2D eigenvalue weighted by molar-refractivity contribution is 5.76. The molecule has 5 nitrogen and oxygen atoms in total. The number of hydrogen-bond donors (Lipinski definition) is 3. The van der Waals surface area contributed by atoms with Gasteiger partial charge in [0.15, 0.2) is 5.88 Å². The average molecular weight is 170 g/mol. The lowest BCUT2D eigenvalue weighted by molar-refractivity contribution is -0.137. The van der Waals surface area contributed by atoms with Crippen molar-refractivity contribution >= 4 is 11.9 Å². The smallest absolute Gasteiger partial charge is 0.327 e. The highest BCUT2D eigenvalue weighted by Crippen LogP contribution is 2.07. The molecule has 1 rings (SSSR count). The first-order valence-electron chi connectivity index (χ1n) is 3.47. The minimum Gasteiger partial charge on any atom is -0.480 e. The Bertz CT molecular complexity index is 245. The number of aliphatic carboxylic acids is 1. The van der Waals surface area contributed by atoms with E-state index in [1.165, 1.54) is 6.26 Å². The van der Waals surface area contributed by atoms with Crippen molar-refractivity contribution < 1.29 is 14.3 Å².